The molecular formula is C17H25NO2. The highest BCUT2D eigenvalue weighted by Gasteiger charge is 2.34. The Bertz CT molecular complexity index is 482. The molecule has 0 saturated carbocycles. The molecule has 0 spiro atoms. The zero-order valence-corrected chi connectivity index (χ0v) is 12.8. The molecule has 0 atom stereocenters. The average molecular weight is 275 g/mol. The Labute approximate surface area is 121 Å². The van der Waals surface area contributed by atoms with Crippen LogP contribution in [-0.2, 0) is 0 Å². The topological polar surface area (TPSA) is 40.5 Å². The van der Waals surface area contributed by atoms with E-state index in [1.807, 2.05) is 30.9 Å². The van der Waals surface area contributed by atoms with E-state index in [1.165, 1.54) is 5.56 Å². The number of aliphatic hydroxyl groups excluding tert-OH is 1. The molecule has 1 N–H and O–H groups in total. The summed E-state index contributed by atoms with van der Waals surface area (Å²) in [5, 5.41) is 9.55. The molecule has 3 heteroatoms. The number of carbonyl (C=O) groups is 1. The summed E-state index contributed by atoms with van der Waals surface area (Å²) >= 11 is 0. The highest BCUT2D eigenvalue weighted by Crippen LogP contribution is 2.34. The van der Waals surface area contributed by atoms with E-state index in [0.717, 1.165) is 43.5 Å². The molecule has 1 aliphatic heterocycles. The number of aryl methyl sites for hydroxylation is 2. The van der Waals surface area contributed by atoms with E-state index >= 15 is 0 Å². The van der Waals surface area contributed by atoms with Gasteiger partial charge in [0.05, 0.1) is 0 Å². The van der Waals surface area contributed by atoms with Crippen molar-refractivity contribution < 1.29 is 9.90 Å². The fraction of sp³-hybridized carbons (Fsp3) is 0.588. The first-order valence-corrected chi connectivity index (χ1v) is 7.49. The Kier molecular flexibility index (Phi) is 4.48. The van der Waals surface area contributed by atoms with Crippen LogP contribution in [0.25, 0.3) is 0 Å². The molecule has 0 radical (unpaired) electrons. The highest BCUT2D eigenvalue weighted by molar-refractivity contribution is 5.95. The molecule has 0 unspecified atom stereocenters. The SMILES string of the molecule is CCC1(CO)CCN(C(=O)c2ccc(C)cc2C)CC1. The number of hydrogen-bond donors (Lipinski definition) is 1. The monoisotopic (exact) mass is 275 g/mol. The van der Waals surface area contributed by atoms with Crippen LogP contribution in [0, 0.1) is 19.3 Å². The minimum Gasteiger partial charge on any atom is -0.396 e. The zero-order valence-electron chi connectivity index (χ0n) is 12.8. The average Bonchev–Trinajstić information content (AvgIpc) is 2.47. The molecule has 0 aliphatic carbocycles. The quantitative estimate of drug-likeness (QED) is 0.921. The van der Waals surface area contributed by atoms with Gasteiger partial charge in [0.2, 0.25) is 0 Å². The molecule has 1 amide bonds. The zero-order chi connectivity index (χ0) is 14.8. The summed E-state index contributed by atoms with van der Waals surface area (Å²) in [6.07, 6.45) is 2.78. The van der Waals surface area contributed by atoms with Gasteiger partial charge in [-0.1, -0.05) is 24.6 Å². The van der Waals surface area contributed by atoms with E-state index in [2.05, 4.69) is 13.0 Å². The third-order valence-corrected chi connectivity index (χ3v) is 4.81. The van der Waals surface area contributed by atoms with Crippen LogP contribution in [0.5, 0.6) is 0 Å². The van der Waals surface area contributed by atoms with E-state index in [4.69, 9.17) is 0 Å². The number of hydrogen-bond acceptors (Lipinski definition) is 2. The molecule has 0 aromatic heterocycles. The molecule has 1 aromatic carbocycles. The van der Waals surface area contributed by atoms with Crippen LogP contribution in [0.2, 0.25) is 0 Å². The minimum absolute atomic E-state index is 0.0269. The second-order valence-corrected chi connectivity index (χ2v) is 6.12. The highest BCUT2D eigenvalue weighted by atomic mass is 16.3. The predicted molar refractivity (Wildman–Crippen MR) is 80.9 cm³/mol. The lowest BCUT2D eigenvalue weighted by Gasteiger charge is -2.40. The summed E-state index contributed by atoms with van der Waals surface area (Å²) in [5.41, 5.74) is 3.06. The fourth-order valence-corrected chi connectivity index (χ4v) is 3.03. The van der Waals surface area contributed by atoms with Crippen LogP contribution >= 0.6 is 0 Å². The van der Waals surface area contributed by atoms with Gasteiger partial charge in [0.1, 0.15) is 0 Å². The van der Waals surface area contributed by atoms with E-state index in [1.54, 1.807) is 0 Å². The van der Waals surface area contributed by atoms with Crippen LogP contribution in [0.15, 0.2) is 18.2 Å². The molecule has 3 nitrogen and oxygen atoms in total. The summed E-state index contributed by atoms with van der Waals surface area (Å²) < 4.78 is 0. The van der Waals surface area contributed by atoms with Crippen molar-refractivity contribution in [3.05, 3.63) is 34.9 Å². The van der Waals surface area contributed by atoms with Crippen LogP contribution in [-0.4, -0.2) is 35.6 Å². The Morgan fingerprint density at radius 3 is 2.45 bits per heavy atom. The molecule has 1 fully saturated rings. The Morgan fingerprint density at radius 1 is 1.30 bits per heavy atom. The third-order valence-electron chi connectivity index (χ3n) is 4.81. The van der Waals surface area contributed by atoms with Crippen LogP contribution in [0.1, 0.15) is 47.7 Å². The predicted octanol–water partition coefficient (Wildman–Crippen LogP) is 2.93. The Balaban J connectivity index is 2.09. The van der Waals surface area contributed by atoms with Crippen molar-refractivity contribution in [2.24, 2.45) is 5.41 Å². The molecule has 2 rings (SSSR count). The third kappa shape index (κ3) is 2.88. The van der Waals surface area contributed by atoms with Crippen LogP contribution < -0.4 is 0 Å². The van der Waals surface area contributed by atoms with Gasteiger partial charge < -0.3 is 10.0 Å². The lowest BCUT2D eigenvalue weighted by atomic mass is 9.77. The first-order chi connectivity index (χ1) is 9.51. The summed E-state index contributed by atoms with van der Waals surface area (Å²) in [4.78, 5) is 14.5. The number of rotatable bonds is 3. The second kappa shape index (κ2) is 5.96. The number of carbonyl (C=O) groups excluding carboxylic acids is 1. The van der Waals surface area contributed by atoms with Crippen molar-refractivity contribution in [3.8, 4) is 0 Å². The van der Waals surface area contributed by atoms with Gasteiger partial charge in [-0.15, -0.1) is 0 Å². The van der Waals surface area contributed by atoms with Gasteiger partial charge in [-0.2, -0.15) is 0 Å². The van der Waals surface area contributed by atoms with E-state index in [0.29, 0.717) is 0 Å². The van der Waals surface area contributed by atoms with Gasteiger partial charge in [0.25, 0.3) is 5.91 Å². The number of likely N-dealkylation sites (tertiary alicyclic amines) is 1. The van der Waals surface area contributed by atoms with E-state index in [9.17, 15) is 9.90 Å². The summed E-state index contributed by atoms with van der Waals surface area (Å²) in [5.74, 6) is 0.130. The van der Waals surface area contributed by atoms with Gasteiger partial charge in [0, 0.05) is 25.3 Å². The van der Waals surface area contributed by atoms with Crippen molar-refractivity contribution in [1.82, 2.24) is 4.90 Å². The van der Waals surface area contributed by atoms with Gasteiger partial charge in [-0.05, 0) is 50.2 Å². The molecule has 1 saturated heterocycles. The fourth-order valence-electron chi connectivity index (χ4n) is 3.03. The van der Waals surface area contributed by atoms with E-state index < -0.39 is 0 Å². The first-order valence-electron chi connectivity index (χ1n) is 7.49. The number of nitrogens with zero attached hydrogens (tertiary/aromatic N) is 1. The van der Waals surface area contributed by atoms with Crippen molar-refractivity contribution in [2.75, 3.05) is 19.7 Å². The van der Waals surface area contributed by atoms with Gasteiger partial charge in [-0.3, -0.25) is 4.79 Å². The molecule has 110 valence electrons. The maximum absolute atomic E-state index is 12.6. The molecule has 1 aromatic rings. The number of piperidine rings is 1. The molecule has 0 bridgehead atoms. The number of aliphatic hydroxyl groups is 1. The minimum atomic E-state index is 0.0269. The maximum Gasteiger partial charge on any atom is 0.254 e. The number of benzene rings is 1. The molecule has 1 heterocycles. The largest absolute Gasteiger partial charge is 0.396 e. The first kappa shape index (κ1) is 15.0. The van der Waals surface area contributed by atoms with Gasteiger partial charge >= 0.3 is 0 Å². The normalized spacial score (nSPS) is 18.1. The lowest BCUT2D eigenvalue weighted by molar-refractivity contribution is 0.0337. The van der Waals surface area contributed by atoms with Crippen molar-refractivity contribution in [3.63, 3.8) is 0 Å². The number of amides is 1. The van der Waals surface area contributed by atoms with Crippen molar-refractivity contribution in [2.45, 2.75) is 40.0 Å². The van der Waals surface area contributed by atoms with Crippen LogP contribution in [0.3, 0.4) is 0 Å². The van der Waals surface area contributed by atoms with Crippen molar-refractivity contribution in [1.29, 1.82) is 0 Å². The Hall–Kier alpha value is -1.35. The summed E-state index contributed by atoms with van der Waals surface area (Å²) in [7, 11) is 0. The smallest absolute Gasteiger partial charge is 0.254 e. The maximum atomic E-state index is 12.6. The molecular weight excluding hydrogens is 250 g/mol. The van der Waals surface area contributed by atoms with E-state index in [-0.39, 0.29) is 17.9 Å². The lowest BCUT2D eigenvalue weighted by Crippen LogP contribution is -2.44. The molecule has 1 aliphatic rings. The molecule has 20 heavy (non-hydrogen) atoms. The standard InChI is InChI=1S/C17H25NO2/c1-4-17(12-19)7-9-18(10-8-17)16(20)15-6-5-13(2)11-14(15)3/h5-6,11,19H,4,7-10,12H2,1-3H3. The second-order valence-electron chi connectivity index (χ2n) is 6.12. The summed E-state index contributed by atoms with van der Waals surface area (Å²) in [6.45, 7) is 7.89. The van der Waals surface area contributed by atoms with Crippen molar-refractivity contribution >= 4 is 5.91 Å². The van der Waals surface area contributed by atoms with Gasteiger partial charge in [0.15, 0.2) is 0 Å². The van der Waals surface area contributed by atoms with Crippen LogP contribution in [0.4, 0.5) is 0 Å². The summed E-state index contributed by atoms with van der Waals surface area (Å²) in [6, 6.07) is 5.98. The van der Waals surface area contributed by atoms with Gasteiger partial charge in [-0.25, -0.2) is 0 Å². The Morgan fingerprint density at radius 2 is 1.95 bits per heavy atom.